The standard InChI is InChI=1S/C29H23F2N5O4/c1-29-15-24(37)36(25-22(30)13-19(14-23(25)31)8-7-18-5-3-2-4-6-18)28(39)35(29)12-11-34(26(29)38)20-16-32-27(33-17-20)40-21-9-10-21/h2-6,13-14,16-17,21H,9-12,15H2,1H3/t29-/m0/s1. The third-order valence-electron chi connectivity index (χ3n) is 7.10. The second kappa shape index (κ2) is 9.72. The van der Waals surface area contributed by atoms with Gasteiger partial charge in [-0.1, -0.05) is 30.0 Å². The third-order valence-corrected chi connectivity index (χ3v) is 7.10. The molecular formula is C29H23F2N5O4. The molecule has 4 amide bonds. The van der Waals surface area contributed by atoms with E-state index in [4.69, 9.17) is 4.74 Å². The molecule has 3 aliphatic rings. The number of hydrogen-bond donors (Lipinski definition) is 0. The lowest BCUT2D eigenvalue weighted by molar-refractivity contribution is -0.137. The first kappa shape index (κ1) is 25.4. The van der Waals surface area contributed by atoms with Crippen molar-refractivity contribution < 1.29 is 27.9 Å². The third kappa shape index (κ3) is 4.51. The Balaban J connectivity index is 1.24. The van der Waals surface area contributed by atoms with Gasteiger partial charge in [0.15, 0.2) is 11.6 Å². The smallest absolute Gasteiger partial charge is 0.332 e. The molecule has 0 bridgehead atoms. The van der Waals surface area contributed by atoms with Crippen LogP contribution in [0.1, 0.15) is 37.3 Å². The molecule has 0 radical (unpaired) electrons. The maximum Gasteiger partial charge on any atom is 0.332 e. The quantitative estimate of drug-likeness (QED) is 0.466. The summed E-state index contributed by atoms with van der Waals surface area (Å²) in [7, 11) is 0. The van der Waals surface area contributed by atoms with Gasteiger partial charge in [-0.3, -0.25) is 9.59 Å². The zero-order chi connectivity index (χ0) is 28.0. The molecule has 6 rings (SSSR count). The first-order valence-corrected chi connectivity index (χ1v) is 12.8. The number of carbonyl (C=O) groups is 3. The van der Waals surface area contributed by atoms with Gasteiger partial charge in [0.25, 0.3) is 5.91 Å². The van der Waals surface area contributed by atoms with Crippen LogP contribution in [0.3, 0.4) is 0 Å². The van der Waals surface area contributed by atoms with Crippen molar-refractivity contribution in [3.8, 4) is 17.9 Å². The summed E-state index contributed by atoms with van der Waals surface area (Å²) in [5.41, 5.74) is -1.26. The first-order chi connectivity index (χ1) is 19.2. The fraction of sp³-hybridized carbons (Fsp3) is 0.276. The molecule has 1 aromatic heterocycles. The van der Waals surface area contributed by atoms with E-state index in [1.165, 1.54) is 29.1 Å². The highest BCUT2D eigenvalue weighted by molar-refractivity contribution is 6.20. The van der Waals surface area contributed by atoms with Crippen molar-refractivity contribution in [1.82, 2.24) is 14.9 Å². The van der Waals surface area contributed by atoms with Gasteiger partial charge in [-0.15, -0.1) is 0 Å². The van der Waals surface area contributed by atoms with Crippen LogP contribution in [-0.4, -0.2) is 57.4 Å². The zero-order valence-electron chi connectivity index (χ0n) is 21.4. The Hall–Kier alpha value is -4.85. The summed E-state index contributed by atoms with van der Waals surface area (Å²) in [5.74, 6) is 1.86. The van der Waals surface area contributed by atoms with Crippen LogP contribution in [-0.2, 0) is 9.59 Å². The van der Waals surface area contributed by atoms with Crippen molar-refractivity contribution in [2.24, 2.45) is 0 Å². The number of piperazine rings is 1. The van der Waals surface area contributed by atoms with Gasteiger partial charge in [0.05, 0.1) is 24.5 Å². The maximum absolute atomic E-state index is 15.2. The van der Waals surface area contributed by atoms with Gasteiger partial charge in [-0.25, -0.2) is 28.4 Å². The van der Waals surface area contributed by atoms with Crippen LogP contribution >= 0.6 is 0 Å². The molecule has 202 valence electrons. The number of halogens is 2. The molecule has 40 heavy (non-hydrogen) atoms. The number of nitrogens with zero attached hydrogens (tertiary/aromatic N) is 5. The highest BCUT2D eigenvalue weighted by atomic mass is 19.1. The van der Waals surface area contributed by atoms with Gasteiger partial charge in [0.2, 0.25) is 5.91 Å². The molecule has 3 heterocycles. The Bertz CT molecular complexity index is 1560. The summed E-state index contributed by atoms with van der Waals surface area (Å²) in [5, 5.41) is 0. The highest BCUT2D eigenvalue weighted by Crippen LogP contribution is 2.38. The Morgan fingerprint density at radius 1 is 0.950 bits per heavy atom. The number of fused-ring (bicyclic) bond motifs is 1. The summed E-state index contributed by atoms with van der Waals surface area (Å²) in [4.78, 5) is 51.6. The molecule has 1 atom stereocenters. The van der Waals surface area contributed by atoms with E-state index in [1.54, 1.807) is 24.3 Å². The van der Waals surface area contributed by atoms with Crippen LogP contribution in [0.15, 0.2) is 54.9 Å². The average Bonchev–Trinajstić information content (AvgIpc) is 3.75. The number of carbonyl (C=O) groups excluding carboxylic acids is 3. The minimum Gasteiger partial charge on any atom is -0.460 e. The molecular weight excluding hydrogens is 520 g/mol. The lowest BCUT2D eigenvalue weighted by Gasteiger charge is -2.51. The summed E-state index contributed by atoms with van der Waals surface area (Å²) in [6.45, 7) is 1.57. The van der Waals surface area contributed by atoms with Crippen molar-refractivity contribution in [1.29, 1.82) is 0 Å². The Labute approximate surface area is 228 Å². The van der Waals surface area contributed by atoms with E-state index in [-0.39, 0.29) is 30.8 Å². The van der Waals surface area contributed by atoms with Crippen LogP contribution in [0.2, 0.25) is 0 Å². The van der Waals surface area contributed by atoms with Crippen molar-refractivity contribution in [2.75, 3.05) is 22.9 Å². The molecule has 9 nitrogen and oxygen atoms in total. The number of amides is 4. The van der Waals surface area contributed by atoms with Gasteiger partial charge < -0.3 is 14.5 Å². The minimum absolute atomic E-state index is 0.0229. The van der Waals surface area contributed by atoms with Gasteiger partial charge in [-0.05, 0) is 44.0 Å². The van der Waals surface area contributed by atoms with Crippen LogP contribution in [0.5, 0.6) is 6.01 Å². The van der Waals surface area contributed by atoms with Crippen LogP contribution in [0.25, 0.3) is 0 Å². The predicted octanol–water partition coefficient (Wildman–Crippen LogP) is 3.66. The lowest BCUT2D eigenvalue weighted by Crippen LogP contribution is -2.73. The van der Waals surface area contributed by atoms with Gasteiger partial charge in [0.1, 0.15) is 17.3 Å². The molecule has 1 saturated carbocycles. The second-order valence-electron chi connectivity index (χ2n) is 10.0. The number of rotatable bonds is 4. The van der Waals surface area contributed by atoms with E-state index in [2.05, 4.69) is 21.8 Å². The fourth-order valence-electron chi connectivity index (χ4n) is 4.86. The largest absolute Gasteiger partial charge is 0.460 e. The van der Waals surface area contributed by atoms with E-state index in [0.717, 1.165) is 25.0 Å². The van der Waals surface area contributed by atoms with Crippen LogP contribution in [0, 0.1) is 23.5 Å². The normalized spacial score (nSPS) is 20.7. The van der Waals surface area contributed by atoms with E-state index >= 15 is 8.78 Å². The molecule has 0 N–H and O–H groups in total. The molecule has 11 heteroatoms. The SMILES string of the molecule is C[C@@]12CC(=O)N(c3c(F)cc(C#Cc4ccccc4)cc3F)C(=O)N1CCN(c1cnc(OC3CC3)nc1)C2=O. The van der Waals surface area contributed by atoms with Gasteiger partial charge in [0, 0.05) is 24.2 Å². The number of urea groups is 1. The second-order valence-corrected chi connectivity index (χ2v) is 10.0. The van der Waals surface area contributed by atoms with Crippen LogP contribution in [0.4, 0.5) is 25.0 Å². The Morgan fingerprint density at radius 2 is 1.60 bits per heavy atom. The molecule has 3 fully saturated rings. The van der Waals surface area contributed by atoms with Crippen molar-refractivity contribution in [3.63, 3.8) is 0 Å². The number of aromatic nitrogens is 2. The molecule has 2 aromatic carbocycles. The number of anilines is 2. The maximum atomic E-state index is 15.2. The van der Waals surface area contributed by atoms with Crippen molar-refractivity contribution in [3.05, 3.63) is 77.6 Å². The number of benzene rings is 2. The number of ether oxygens (including phenoxy) is 1. The minimum atomic E-state index is -1.56. The predicted molar refractivity (Wildman–Crippen MR) is 139 cm³/mol. The number of hydrogen-bond acceptors (Lipinski definition) is 6. The summed E-state index contributed by atoms with van der Waals surface area (Å²) < 4.78 is 35.9. The monoisotopic (exact) mass is 543 g/mol. The highest BCUT2D eigenvalue weighted by Gasteiger charge is 2.56. The fourth-order valence-corrected chi connectivity index (χ4v) is 4.86. The molecule has 0 unspecified atom stereocenters. The van der Waals surface area contributed by atoms with Crippen molar-refractivity contribution in [2.45, 2.75) is 37.8 Å². The summed E-state index contributed by atoms with van der Waals surface area (Å²) >= 11 is 0. The van der Waals surface area contributed by atoms with E-state index in [0.29, 0.717) is 16.2 Å². The van der Waals surface area contributed by atoms with Crippen LogP contribution < -0.4 is 14.5 Å². The van der Waals surface area contributed by atoms with Gasteiger partial charge in [-0.2, -0.15) is 0 Å². The van der Waals surface area contributed by atoms with E-state index in [9.17, 15) is 14.4 Å². The lowest BCUT2D eigenvalue weighted by atomic mass is 9.88. The first-order valence-electron chi connectivity index (χ1n) is 12.8. The molecule has 2 aliphatic heterocycles. The van der Waals surface area contributed by atoms with E-state index < -0.39 is 47.1 Å². The summed E-state index contributed by atoms with van der Waals surface area (Å²) in [6.07, 6.45) is 4.45. The average molecular weight is 544 g/mol. The molecule has 0 spiro atoms. The molecule has 3 aromatic rings. The molecule has 2 saturated heterocycles. The molecule has 1 aliphatic carbocycles. The van der Waals surface area contributed by atoms with Crippen molar-refractivity contribution >= 4 is 29.2 Å². The summed E-state index contributed by atoms with van der Waals surface area (Å²) in [6, 6.07) is 10.1. The Morgan fingerprint density at radius 3 is 2.25 bits per heavy atom. The Kier molecular flexibility index (Phi) is 6.18. The zero-order valence-corrected chi connectivity index (χ0v) is 21.4. The van der Waals surface area contributed by atoms with E-state index in [1.807, 2.05) is 6.07 Å². The number of imide groups is 1. The topological polar surface area (TPSA) is 95.9 Å². The van der Waals surface area contributed by atoms with Gasteiger partial charge >= 0.3 is 12.0 Å².